The summed E-state index contributed by atoms with van der Waals surface area (Å²) in [6.45, 7) is 0. The fourth-order valence-corrected chi connectivity index (χ4v) is 3.23. The second-order valence-electron chi connectivity index (χ2n) is 5.18. The van der Waals surface area contributed by atoms with E-state index in [2.05, 4.69) is 46.9 Å². The molecular formula is C17H16INO. The van der Waals surface area contributed by atoms with Crippen LogP contribution in [-0.4, -0.2) is 17.9 Å². The van der Waals surface area contributed by atoms with E-state index in [1.165, 1.54) is 11.1 Å². The summed E-state index contributed by atoms with van der Waals surface area (Å²) in [5, 5.41) is 0. The average Bonchev–Trinajstić information content (AvgIpc) is 2.90. The second-order valence-corrected chi connectivity index (χ2v) is 6.42. The van der Waals surface area contributed by atoms with Crippen molar-refractivity contribution in [2.75, 3.05) is 7.05 Å². The van der Waals surface area contributed by atoms with Crippen LogP contribution in [0, 0.1) is 3.57 Å². The zero-order valence-electron chi connectivity index (χ0n) is 11.3. The molecule has 1 aliphatic carbocycles. The van der Waals surface area contributed by atoms with Crippen LogP contribution < -0.4 is 0 Å². The summed E-state index contributed by atoms with van der Waals surface area (Å²) >= 11 is 2.25. The lowest BCUT2D eigenvalue weighted by molar-refractivity contribution is 0.0730. The van der Waals surface area contributed by atoms with Crippen LogP contribution in [0.1, 0.15) is 33.9 Å². The lowest BCUT2D eigenvalue weighted by atomic mass is 10.1. The molecule has 0 heterocycles. The maximum atomic E-state index is 12.6. The van der Waals surface area contributed by atoms with Crippen molar-refractivity contribution in [1.82, 2.24) is 4.90 Å². The van der Waals surface area contributed by atoms with Crippen molar-refractivity contribution in [3.05, 3.63) is 68.8 Å². The van der Waals surface area contributed by atoms with Crippen LogP contribution in [0.25, 0.3) is 0 Å². The van der Waals surface area contributed by atoms with Crippen LogP contribution in [0.4, 0.5) is 0 Å². The lowest BCUT2D eigenvalue weighted by Gasteiger charge is -2.25. The number of halogens is 1. The molecule has 1 amide bonds. The van der Waals surface area contributed by atoms with E-state index in [0.717, 1.165) is 22.0 Å². The van der Waals surface area contributed by atoms with Crippen LogP contribution in [-0.2, 0) is 6.42 Å². The van der Waals surface area contributed by atoms with E-state index in [-0.39, 0.29) is 11.9 Å². The molecule has 0 aliphatic heterocycles. The van der Waals surface area contributed by atoms with Crippen molar-refractivity contribution in [3.63, 3.8) is 0 Å². The first kappa shape index (κ1) is 13.6. The molecule has 0 saturated heterocycles. The molecule has 102 valence electrons. The van der Waals surface area contributed by atoms with Crippen LogP contribution >= 0.6 is 22.6 Å². The van der Waals surface area contributed by atoms with Gasteiger partial charge in [-0.15, -0.1) is 0 Å². The van der Waals surface area contributed by atoms with Crippen molar-refractivity contribution in [2.45, 2.75) is 18.9 Å². The molecule has 2 aromatic carbocycles. The summed E-state index contributed by atoms with van der Waals surface area (Å²) in [6.07, 6.45) is 2.08. The van der Waals surface area contributed by atoms with Gasteiger partial charge in [-0.2, -0.15) is 0 Å². The topological polar surface area (TPSA) is 20.3 Å². The molecule has 1 atom stereocenters. The summed E-state index contributed by atoms with van der Waals surface area (Å²) in [6, 6.07) is 16.4. The predicted molar refractivity (Wildman–Crippen MR) is 88.8 cm³/mol. The van der Waals surface area contributed by atoms with Crippen molar-refractivity contribution in [3.8, 4) is 0 Å². The molecule has 0 spiro atoms. The van der Waals surface area contributed by atoms with Crippen LogP contribution in [0.5, 0.6) is 0 Å². The molecule has 1 unspecified atom stereocenters. The Labute approximate surface area is 132 Å². The molecule has 20 heavy (non-hydrogen) atoms. The van der Waals surface area contributed by atoms with E-state index >= 15 is 0 Å². The summed E-state index contributed by atoms with van der Waals surface area (Å²) in [5.74, 6) is 0.100. The SMILES string of the molecule is CN(C(=O)c1ccc(I)cc1)C1CCc2ccccc21. The summed E-state index contributed by atoms with van der Waals surface area (Å²) in [5.41, 5.74) is 3.44. The zero-order chi connectivity index (χ0) is 14.1. The minimum absolute atomic E-state index is 0.100. The normalized spacial score (nSPS) is 16.8. The van der Waals surface area contributed by atoms with E-state index in [1.54, 1.807) is 0 Å². The molecule has 3 rings (SSSR count). The highest BCUT2D eigenvalue weighted by Crippen LogP contribution is 2.35. The van der Waals surface area contributed by atoms with Gasteiger partial charge in [-0.25, -0.2) is 0 Å². The van der Waals surface area contributed by atoms with Crippen LogP contribution in [0.15, 0.2) is 48.5 Å². The molecule has 0 aromatic heterocycles. The third kappa shape index (κ3) is 2.46. The van der Waals surface area contributed by atoms with Crippen molar-refractivity contribution in [2.24, 2.45) is 0 Å². The highest BCUT2D eigenvalue weighted by molar-refractivity contribution is 14.1. The van der Waals surface area contributed by atoms with Gasteiger partial charge in [0.1, 0.15) is 0 Å². The third-order valence-electron chi connectivity index (χ3n) is 3.98. The maximum absolute atomic E-state index is 12.6. The van der Waals surface area contributed by atoms with E-state index in [9.17, 15) is 4.79 Å². The number of hydrogen-bond acceptors (Lipinski definition) is 1. The van der Waals surface area contributed by atoms with Gasteiger partial charge in [0.05, 0.1) is 6.04 Å². The quantitative estimate of drug-likeness (QED) is 0.724. The van der Waals surface area contributed by atoms with Gasteiger partial charge in [0.2, 0.25) is 0 Å². The van der Waals surface area contributed by atoms with Gasteiger partial charge in [0.25, 0.3) is 5.91 Å². The second kappa shape index (κ2) is 5.56. The van der Waals surface area contributed by atoms with Crippen molar-refractivity contribution in [1.29, 1.82) is 0 Å². The number of aryl methyl sites for hydroxylation is 1. The number of carbonyl (C=O) groups excluding carboxylic acids is 1. The van der Waals surface area contributed by atoms with Gasteiger partial charge in [-0.3, -0.25) is 4.79 Å². The first-order valence-electron chi connectivity index (χ1n) is 6.77. The minimum Gasteiger partial charge on any atom is -0.335 e. The minimum atomic E-state index is 0.100. The Morgan fingerprint density at radius 1 is 1.15 bits per heavy atom. The van der Waals surface area contributed by atoms with E-state index in [4.69, 9.17) is 0 Å². The van der Waals surface area contributed by atoms with Crippen molar-refractivity contribution >= 4 is 28.5 Å². The summed E-state index contributed by atoms with van der Waals surface area (Å²) in [7, 11) is 1.91. The van der Waals surface area contributed by atoms with Gasteiger partial charge >= 0.3 is 0 Å². The van der Waals surface area contributed by atoms with Gasteiger partial charge in [0, 0.05) is 16.2 Å². The standard InChI is InChI=1S/C17H16INO/c1-19(17(20)13-6-9-14(18)10-7-13)16-11-8-12-4-2-3-5-15(12)16/h2-7,9-10,16H,8,11H2,1H3. The van der Waals surface area contributed by atoms with Crippen LogP contribution in [0.3, 0.4) is 0 Å². The number of benzene rings is 2. The Kier molecular flexibility index (Phi) is 3.78. The molecule has 2 aromatic rings. The molecular weight excluding hydrogens is 361 g/mol. The fraction of sp³-hybridized carbons (Fsp3) is 0.235. The van der Waals surface area contributed by atoms with Gasteiger partial charge in [-0.05, 0) is 70.8 Å². The molecule has 3 heteroatoms. The largest absolute Gasteiger partial charge is 0.335 e. The molecule has 2 nitrogen and oxygen atoms in total. The number of amides is 1. The maximum Gasteiger partial charge on any atom is 0.254 e. The third-order valence-corrected chi connectivity index (χ3v) is 4.70. The number of nitrogens with zero attached hydrogens (tertiary/aromatic N) is 1. The van der Waals surface area contributed by atoms with Gasteiger partial charge in [-0.1, -0.05) is 24.3 Å². The predicted octanol–water partition coefficient (Wildman–Crippen LogP) is 4.05. The molecule has 0 fully saturated rings. The molecule has 1 aliphatic rings. The molecule has 0 radical (unpaired) electrons. The summed E-state index contributed by atoms with van der Waals surface area (Å²) in [4.78, 5) is 14.5. The Morgan fingerprint density at radius 2 is 1.85 bits per heavy atom. The fourth-order valence-electron chi connectivity index (χ4n) is 2.87. The number of rotatable bonds is 2. The molecule has 0 bridgehead atoms. The Hall–Kier alpha value is -1.36. The molecule has 0 saturated carbocycles. The number of fused-ring (bicyclic) bond motifs is 1. The highest BCUT2D eigenvalue weighted by atomic mass is 127. The highest BCUT2D eigenvalue weighted by Gasteiger charge is 2.28. The first-order chi connectivity index (χ1) is 9.66. The number of carbonyl (C=O) groups is 1. The van der Waals surface area contributed by atoms with Gasteiger partial charge in [0.15, 0.2) is 0 Å². The zero-order valence-corrected chi connectivity index (χ0v) is 13.5. The van der Waals surface area contributed by atoms with Crippen molar-refractivity contribution < 1.29 is 4.79 Å². The van der Waals surface area contributed by atoms with Crippen LogP contribution in [0.2, 0.25) is 0 Å². The lowest BCUT2D eigenvalue weighted by Crippen LogP contribution is -2.30. The Bertz CT molecular complexity index is 636. The summed E-state index contributed by atoms with van der Waals surface area (Å²) < 4.78 is 1.15. The molecule has 0 N–H and O–H groups in total. The van der Waals surface area contributed by atoms with Gasteiger partial charge < -0.3 is 4.90 Å². The van der Waals surface area contributed by atoms with E-state index < -0.39 is 0 Å². The Morgan fingerprint density at radius 3 is 2.60 bits per heavy atom. The number of hydrogen-bond donors (Lipinski definition) is 0. The Balaban J connectivity index is 1.85. The monoisotopic (exact) mass is 377 g/mol. The smallest absolute Gasteiger partial charge is 0.254 e. The van der Waals surface area contributed by atoms with E-state index in [0.29, 0.717) is 0 Å². The average molecular weight is 377 g/mol. The first-order valence-corrected chi connectivity index (χ1v) is 7.85. The van der Waals surface area contributed by atoms with E-state index in [1.807, 2.05) is 36.2 Å².